The van der Waals surface area contributed by atoms with Crippen molar-refractivity contribution in [1.29, 1.82) is 0 Å². The summed E-state index contributed by atoms with van der Waals surface area (Å²) < 4.78 is 13.5. The van der Waals surface area contributed by atoms with Gasteiger partial charge in [-0.25, -0.2) is 9.18 Å². The number of alkyl halides is 1. The summed E-state index contributed by atoms with van der Waals surface area (Å²) in [4.78, 5) is 10.5. The number of hydrogen-bond acceptors (Lipinski definition) is 1. The topological polar surface area (TPSA) is 37.3 Å². The molecule has 0 aromatic carbocycles. The van der Waals surface area contributed by atoms with Crippen LogP contribution in [0, 0.1) is 11.8 Å². The van der Waals surface area contributed by atoms with Gasteiger partial charge in [0, 0.05) is 5.92 Å². The van der Waals surface area contributed by atoms with Crippen LogP contribution in [0.1, 0.15) is 12.8 Å². The van der Waals surface area contributed by atoms with Gasteiger partial charge in [0.2, 0.25) is 5.67 Å². The molecule has 1 N–H and O–H groups in total. The number of hydrogen-bond donors (Lipinski definition) is 1. The lowest BCUT2D eigenvalue weighted by molar-refractivity contribution is -0.152. The number of aliphatic carboxylic acids is 1. The zero-order valence-electron chi connectivity index (χ0n) is 5.96. The van der Waals surface area contributed by atoms with Crippen LogP contribution in [0.5, 0.6) is 0 Å². The van der Waals surface area contributed by atoms with Gasteiger partial charge in [0.1, 0.15) is 0 Å². The predicted molar refractivity (Wildman–Crippen MR) is 36.8 cm³/mol. The largest absolute Gasteiger partial charge is 0.479 e. The number of carbonyl (C=O) groups is 1. The average molecular weight is 156 g/mol. The van der Waals surface area contributed by atoms with E-state index in [1.54, 1.807) is 6.08 Å². The van der Waals surface area contributed by atoms with Crippen LogP contribution in [-0.2, 0) is 4.79 Å². The Labute approximate surface area is 63.7 Å². The third-order valence-corrected chi connectivity index (χ3v) is 2.67. The molecule has 2 nitrogen and oxygen atoms in total. The Morgan fingerprint density at radius 3 is 2.64 bits per heavy atom. The maximum Gasteiger partial charge on any atom is 0.342 e. The quantitative estimate of drug-likeness (QED) is 0.582. The number of carboxylic acids is 1. The first-order valence-electron chi connectivity index (χ1n) is 3.73. The van der Waals surface area contributed by atoms with E-state index in [0.29, 0.717) is 6.42 Å². The van der Waals surface area contributed by atoms with E-state index in [4.69, 9.17) is 5.11 Å². The second kappa shape index (κ2) is 1.84. The first-order chi connectivity index (χ1) is 5.13. The molecular weight excluding hydrogens is 147 g/mol. The zero-order chi connectivity index (χ0) is 8.06. The van der Waals surface area contributed by atoms with E-state index in [2.05, 4.69) is 0 Å². The molecule has 0 aromatic rings. The molecule has 3 heteroatoms. The molecule has 11 heavy (non-hydrogen) atoms. The maximum absolute atomic E-state index is 13.5. The van der Waals surface area contributed by atoms with Crippen molar-refractivity contribution in [2.24, 2.45) is 11.8 Å². The van der Waals surface area contributed by atoms with E-state index >= 15 is 0 Å². The first-order valence-corrected chi connectivity index (χ1v) is 3.73. The van der Waals surface area contributed by atoms with Crippen LogP contribution in [-0.4, -0.2) is 16.7 Å². The molecule has 2 aliphatic rings. The maximum atomic E-state index is 13.5. The molecule has 3 atom stereocenters. The van der Waals surface area contributed by atoms with E-state index in [1.165, 1.54) is 0 Å². The molecule has 0 aromatic heterocycles. The van der Waals surface area contributed by atoms with E-state index < -0.39 is 11.6 Å². The Hall–Kier alpha value is -0.860. The molecule has 0 amide bonds. The fourth-order valence-corrected chi connectivity index (χ4v) is 2.04. The van der Waals surface area contributed by atoms with Crippen LogP contribution in [0.25, 0.3) is 0 Å². The standard InChI is InChI=1S/C8H9FO2/c9-8(7(10)11)4-5-1-2-6(8)3-5/h1-2,5-6H,3-4H2,(H,10,11)/t5-,6+,8?/m1/s1. The highest BCUT2D eigenvalue weighted by atomic mass is 19.1. The van der Waals surface area contributed by atoms with Crippen LogP contribution < -0.4 is 0 Å². The second-order valence-electron chi connectivity index (χ2n) is 3.36. The van der Waals surface area contributed by atoms with Gasteiger partial charge in [-0.1, -0.05) is 12.2 Å². The fraction of sp³-hybridized carbons (Fsp3) is 0.625. The molecule has 1 unspecified atom stereocenters. The van der Waals surface area contributed by atoms with Gasteiger partial charge in [-0.3, -0.25) is 0 Å². The predicted octanol–water partition coefficient (Wildman–Crippen LogP) is 1.38. The molecular formula is C8H9FO2. The molecule has 2 aliphatic carbocycles. The van der Waals surface area contributed by atoms with E-state index in [0.717, 1.165) is 0 Å². The summed E-state index contributed by atoms with van der Waals surface area (Å²) in [5.41, 5.74) is -1.96. The van der Waals surface area contributed by atoms with E-state index in [-0.39, 0.29) is 18.3 Å². The van der Waals surface area contributed by atoms with Crippen LogP contribution in [0.3, 0.4) is 0 Å². The van der Waals surface area contributed by atoms with Gasteiger partial charge in [0.15, 0.2) is 0 Å². The molecule has 2 bridgehead atoms. The van der Waals surface area contributed by atoms with Crippen molar-refractivity contribution in [2.75, 3.05) is 0 Å². The smallest absolute Gasteiger partial charge is 0.342 e. The van der Waals surface area contributed by atoms with Crippen molar-refractivity contribution in [3.8, 4) is 0 Å². The average Bonchev–Trinajstić information content (AvgIpc) is 2.45. The SMILES string of the molecule is O=C(O)C1(F)C[C@@H]2C=C[C@H]1C2. The molecule has 0 spiro atoms. The minimum atomic E-state index is -1.96. The Morgan fingerprint density at radius 2 is 2.36 bits per heavy atom. The minimum Gasteiger partial charge on any atom is -0.479 e. The molecule has 0 aliphatic heterocycles. The second-order valence-corrected chi connectivity index (χ2v) is 3.36. The lowest BCUT2D eigenvalue weighted by Crippen LogP contribution is -2.37. The molecule has 1 saturated carbocycles. The van der Waals surface area contributed by atoms with Crippen LogP contribution in [0.2, 0.25) is 0 Å². The van der Waals surface area contributed by atoms with Crippen LogP contribution in [0.4, 0.5) is 4.39 Å². The third kappa shape index (κ3) is 0.737. The van der Waals surface area contributed by atoms with Crippen molar-refractivity contribution in [2.45, 2.75) is 18.5 Å². The van der Waals surface area contributed by atoms with Crippen molar-refractivity contribution in [3.05, 3.63) is 12.2 Å². The zero-order valence-corrected chi connectivity index (χ0v) is 5.96. The Kier molecular flexibility index (Phi) is 1.14. The molecule has 0 radical (unpaired) electrons. The Bertz CT molecular complexity index is 236. The van der Waals surface area contributed by atoms with Crippen LogP contribution in [0.15, 0.2) is 12.2 Å². The third-order valence-electron chi connectivity index (χ3n) is 2.67. The van der Waals surface area contributed by atoms with Gasteiger partial charge in [0.05, 0.1) is 0 Å². The molecule has 60 valence electrons. The normalized spacial score (nSPS) is 46.6. The van der Waals surface area contributed by atoms with Crippen LogP contribution >= 0.6 is 0 Å². The molecule has 2 rings (SSSR count). The summed E-state index contributed by atoms with van der Waals surface area (Å²) in [5, 5.41) is 8.59. The van der Waals surface area contributed by atoms with Gasteiger partial charge in [-0.2, -0.15) is 0 Å². The minimum absolute atomic E-state index is 0.168. The summed E-state index contributed by atoms with van der Waals surface area (Å²) in [6.45, 7) is 0. The van der Waals surface area contributed by atoms with E-state index in [1.807, 2.05) is 6.08 Å². The molecule has 0 heterocycles. The van der Waals surface area contributed by atoms with Crippen molar-refractivity contribution in [3.63, 3.8) is 0 Å². The van der Waals surface area contributed by atoms with E-state index in [9.17, 15) is 9.18 Å². The van der Waals surface area contributed by atoms with Gasteiger partial charge in [-0.15, -0.1) is 0 Å². The summed E-state index contributed by atoms with van der Waals surface area (Å²) in [6.07, 6.45) is 4.47. The van der Waals surface area contributed by atoms with Gasteiger partial charge in [-0.05, 0) is 18.8 Å². The molecule has 0 saturated heterocycles. The monoisotopic (exact) mass is 156 g/mol. The summed E-state index contributed by atoms with van der Waals surface area (Å²) >= 11 is 0. The first kappa shape index (κ1) is 6.83. The number of allylic oxidation sites excluding steroid dienone is 2. The summed E-state index contributed by atoms with van der Waals surface area (Å²) in [7, 11) is 0. The highest BCUT2D eigenvalue weighted by Crippen LogP contribution is 2.48. The van der Waals surface area contributed by atoms with Gasteiger partial charge in [0.25, 0.3) is 0 Å². The van der Waals surface area contributed by atoms with Crippen molar-refractivity contribution in [1.82, 2.24) is 0 Å². The van der Waals surface area contributed by atoms with Gasteiger partial charge < -0.3 is 5.11 Å². The highest BCUT2D eigenvalue weighted by molar-refractivity contribution is 5.79. The highest BCUT2D eigenvalue weighted by Gasteiger charge is 2.54. The lowest BCUT2D eigenvalue weighted by atomic mass is 9.90. The number of halogens is 1. The lowest BCUT2D eigenvalue weighted by Gasteiger charge is -2.21. The molecule has 1 fully saturated rings. The Morgan fingerprint density at radius 1 is 1.64 bits per heavy atom. The number of fused-ring (bicyclic) bond motifs is 2. The summed E-state index contributed by atoms with van der Waals surface area (Å²) in [6, 6.07) is 0. The van der Waals surface area contributed by atoms with Crippen molar-refractivity contribution < 1.29 is 14.3 Å². The summed E-state index contributed by atoms with van der Waals surface area (Å²) in [5.74, 6) is -1.50. The fourth-order valence-electron chi connectivity index (χ4n) is 2.04. The number of rotatable bonds is 1. The number of carboxylic acid groups (broad SMARTS) is 1. The Balaban J connectivity index is 2.30. The van der Waals surface area contributed by atoms with Gasteiger partial charge >= 0.3 is 5.97 Å². The van der Waals surface area contributed by atoms with Crippen molar-refractivity contribution >= 4 is 5.97 Å².